The molecule has 1 atom stereocenters. The lowest BCUT2D eigenvalue weighted by Gasteiger charge is -2.23. The zero-order valence-electron chi connectivity index (χ0n) is 19.3. The number of methoxy groups -OCH3 is 2. The molecule has 4 aromatic rings. The first kappa shape index (κ1) is 22.6. The Morgan fingerprint density at radius 1 is 0.943 bits per heavy atom. The molecule has 1 aliphatic heterocycles. The third-order valence-electron chi connectivity index (χ3n) is 5.99. The van der Waals surface area contributed by atoms with Gasteiger partial charge in [0.25, 0.3) is 5.78 Å². The van der Waals surface area contributed by atoms with Gasteiger partial charge >= 0.3 is 5.91 Å². The van der Waals surface area contributed by atoms with E-state index < -0.39 is 17.7 Å². The number of ether oxygens (including phenoxy) is 2. The number of hydrogen-bond donors (Lipinski definition) is 1. The monoisotopic (exact) mass is 486 g/mol. The maximum atomic E-state index is 13.4. The molecule has 1 aliphatic rings. The molecule has 1 saturated heterocycles. The molecular formula is C27H22N2O5S. The number of thiazole rings is 1. The molecule has 1 aromatic heterocycles. The third-order valence-corrected chi connectivity index (χ3v) is 7.01. The fourth-order valence-corrected chi connectivity index (χ4v) is 5.14. The number of benzene rings is 3. The maximum absolute atomic E-state index is 13.4. The SMILES string of the molecule is COc1ccc(C(O)=C2C(=O)C(=O)N(c3nc4ccc(OC)cc4s3)[C@@H]2c2ccc(C)cc2)cc1. The summed E-state index contributed by atoms with van der Waals surface area (Å²) in [4.78, 5) is 32.7. The molecule has 8 heteroatoms. The normalized spacial score (nSPS) is 17.2. The van der Waals surface area contributed by atoms with Gasteiger partial charge in [0.15, 0.2) is 5.13 Å². The van der Waals surface area contributed by atoms with Crippen LogP contribution in [0.1, 0.15) is 22.7 Å². The van der Waals surface area contributed by atoms with E-state index in [4.69, 9.17) is 9.47 Å². The summed E-state index contributed by atoms with van der Waals surface area (Å²) in [6.07, 6.45) is 0. The number of aliphatic hydroxyl groups excluding tert-OH is 1. The molecule has 0 spiro atoms. The van der Waals surface area contributed by atoms with Gasteiger partial charge in [-0.2, -0.15) is 0 Å². The van der Waals surface area contributed by atoms with Crippen molar-refractivity contribution >= 4 is 44.1 Å². The second-order valence-electron chi connectivity index (χ2n) is 8.14. The fourth-order valence-electron chi connectivity index (χ4n) is 4.12. The van der Waals surface area contributed by atoms with Crippen LogP contribution in [0.5, 0.6) is 11.5 Å². The predicted molar refractivity (Wildman–Crippen MR) is 135 cm³/mol. The molecule has 1 fully saturated rings. The molecule has 35 heavy (non-hydrogen) atoms. The summed E-state index contributed by atoms with van der Waals surface area (Å²) in [5.74, 6) is -0.467. The molecule has 0 saturated carbocycles. The highest BCUT2D eigenvalue weighted by Gasteiger charge is 2.48. The van der Waals surface area contributed by atoms with Gasteiger partial charge in [0.2, 0.25) is 0 Å². The van der Waals surface area contributed by atoms with E-state index in [1.165, 1.54) is 16.2 Å². The van der Waals surface area contributed by atoms with Crippen LogP contribution in [0.2, 0.25) is 0 Å². The summed E-state index contributed by atoms with van der Waals surface area (Å²) < 4.78 is 11.3. The molecular weight excluding hydrogens is 464 g/mol. The molecule has 3 aromatic carbocycles. The number of fused-ring (bicyclic) bond motifs is 1. The number of Topliss-reactive ketones (excluding diaryl/α,β-unsaturated/α-hetero) is 1. The smallest absolute Gasteiger partial charge is 0.301 e. The van der Waals surface area contributed by atoms with E-state index in [2.05, 4.69) is 4.98 Å². The molecule has 2 heterocycles. The van der Waals surface area contributed by atoms with Crippen LogP contribution in [0.25, 0.3) is 16.0 Å². The van der Waals surface area contributed by atoms with Crippen molar-refractivity contribution in [3.8, 4) is 11.5 Å². The van der Waals surface area contributed by atoms with Crippen LogP contribution in [0.3, 0.4) is 0 Å². The Morgan fingerprint density at radius 3 is 2.26 bits per heavy atom. The van der Waals surface area contributed by atoms with Gasteiger partial charge in [-0.05, 0) is 55.0 Å². The molecule has 0 aliphatic carbocycles. The average molecular weight is 487 g/mol. The molecule has 0 radical (unpaired) electrons. The van der Waals surface area contributed by atoms with Crippen LogP contribution in [-0.2, 0) is 9.59 Å². The van der Waals surface area contributed by atoms with Gasteiger partial charge in [0.1, 0.15) is 17.3 Å². The fraction of sp³-hybridized carbons (Fsp3) is 0.148. The number of aliphatic hydroxyl groups is 1. The maximum Gasteiger partial charge on any atom is 0.301 e. The van der Waals surface area contributed by atoms with Crippen LogP contribution in [0.4, 0.5) is 5.13 Å². The van der Waals surface area contributed by atoms with Gasteiger partial charge in [-0.25, -0.2) is 4.98 Å². The van der Waals surface area contributed by atoms with Crippen LogP contribution in [0, 0.1) is 6.92 Å². The second kappa shape index (κ2) is 8.88. The number of nitrogens with zero attached hydrogens (tertiary/aromatic N) is 2. The number of carbonyl (C=O) groups excluding carboxylic acids is 2. The summed E-state index contributed by atoms with van der Waals surface area (Å²) in [5.41, 5.74) is 2.84. The van der Waals surface area contributed by atoms with Crippen molar-refractivity contribution in [2.75, 3.05) is 19.1 Å². The van der Waals surface area contributed by atoms with Crippen LogP contribution < -0.4 is 14.4 Å². The Hall–Kier alpha value is -4.17. The van der Waals surface area contributed by atoms with E-state index in [9.17, 15) is 14.7 Å². The minimum atomic E-state index is -0.833. The number of carbonyl (C=O) groups is 2. The van der Waals surface area contributed by atoms with Crippen LogP contribution in [0.15, 0.2) is 72.3 Å². The summed E-state index contributed by atoms with van der Waals surface area (Å²) in [6, 6.07) is 18.8. The second-order valence-corrected chi connectivity index (χ2v) is 9.15. The van der Waals surface area contributed by atoms with E-state index in [-0.39, 0.29) is 11.3 Å². The average Bonchev–Trinajstić information content (AvgIpc) is 3.41. The number of amides is 1. The molecule has 7 nitrogen and oxygen atoms in total. The van der Waals surface area contributed by atoms with E-state index in [0.29, 0.717) is 33.3 Å². The van der Waals surface area contributed by atoms with Gasteiger partial charge in [0.05, 0.1) is 36.1 Å². The number of aryl methyl sites for hydroxylation is 1. The highest BCUT2D eigenvalue weighted by Crippen LogP contribution is 2.44. The lowest BCUT2D eigenvalue weighted by molar-refractivity contribution is -0.132. The molecule has 0 unspecified atom stereocenters. The molecule has 1 N–H and O–H groups in total. The van der Waals surface area contributed by atoms with Crippen LogP contribution in [-0.4, -0.2) is 36.0 Å². The van der Waals surface area contributed by atoms with Gasteiger partial charge in [0, 0.05) is 5.56 Å². The van der Waals surface area contributed by atoms with E-state index >= 15 is 0 Å². The minimum Gasteiger partial charge on any atom is -0.507 e. The Labute approximate surface area is 205 Å². The predicted octanol–water partition coefficient (Wildman–Crippen LogP) is 5.25. The van der Waals surface area contributed by atoms with E-state index in [1.807, 2.05) is 43.3 Å². The van der Waals surface area contributed by atoms with Crippen LogP contribution >= 0.6 is 11.3 Å². The lowest BCUT2D eigenvalue weighted by atomic mass is 9.95. The summed E-state index contributed by atoms with van der Waals surface area (Å²) in [6.45, 7) is 1.96. The van der Waals surface area contributed by atoms with Crippen molar-refractivity contribution in [3.63, 3.8) is 0 Å². The van der Waals surface area contributed by atoms with Crippen molar-refractivity contribution in [2.45, 2.75) is 13.0 Å². The summed E-state index contributed by atoms with van der Waals surface area (Å²) in [7, 11) is 3.13. The Balaban J connectivity index is 1.69. The number of aromatic nitrogens is 1. The zero-order chi connectivity index (χ0) is 24.7. The Morgan fingerprint density at radius 2 is 1.60 bits per heavy atom. The van der Waals surface area contributed by atoms with Crippen molar-refractivity contribution in [3.05, 3.63) is 89.0 Å². The molecule has 1 amide bonds. The first-order chi connectivity index (χ1) is 16.9. The van der Waals surface area contributed by atoms with Crippen molar-refractivity contribution in [1.29, 1.82) is 0 Å². The van der Waals surface area contributed by atoms with Crippen molar-refractivity contribution < 1.29 is 24.2 Å². The highest BCUT2D eigenvalue weighted by atomic mass is 32.1. The molecule has 0 bridgehead atoms. The van der Waals surface area contributed by atoms with Crippen molar-refractivity contribution in [2.24, 2.45) is 0 Å². The van der Waals surface area contributed by atoms with Gasteiger partial charge in [-0.15, -0.1) is 0 Å². The standard InChI is InChI=1S/C27H22N2O5S/c1-15-4-6-16(7-5-15)23-22(24(30)17-8-10-18(33-2)11-9-17)25(31)26(32)29(23)27-28-20-13-12-19(34-3)14-21(20)35-27/h4-14,23,30H,1-3H3/t23-/m1/s1. The molecule has 5 rings (SSSR count). The van der Waals surface area contributed by atoms with Gasteiger partial charge in [-0.1, -0.05) is 41.2 Å². The Bertz CT molecular complexity index is 1470. The first-order valence-corrected chi connectivity index (χ1v) is 11.7. The number of hydrogen-bond acceptors (Lipinski definition) is 7. The van der Waals surface area contributed by atoms with Gasteiger partial charge < -0.3 is 14.6 Å². The largest absolute Gasteiger partial charge is 0.507 e. The zero-order valence-corrected chi connectivity index (χ0v) is 20.1. The third kappa shape index (κ3) is 3.91. The summed E-state index contributed by atoms with van der Waals surface area (Å²) >= 11 is 1.29. The number of ketones is 1. The topological polar surface area (TPSA) is 89.0 Å². The Kier molecular flexibility index (Phi) is 5.74. The molecule has 176 valence electrons. The lowest BCUT2D eigenvalue weighted by Crippen LogP contribution is -2.29. The van der Waals surface area contributed by atoms with Crippen molar-refractivity contribution in [1.82, 2.24) is 4.98 Å². The summed E-state index contributed by atoms with van der Waals surface area (Å²) in [5, 5.41) is 11.6. The number of rotatable bonds is 5. The highest BCUT2D eigenvalue weighted by molar-refractivity contribution is 7.22. The quantitative estimate of drug-likeness (QED) is 0.236. The van der Waals surface area contributed by atoms with E-state index in [0.717, 1.165) is 10.3 Å². The number of anilines is 1. The van der Waals surface area contributed by atoms with E-state index in [1.54, 1.807) is 44.6 Å². The first-order valence-electron chi connectivity index (χ1n) is 10.9. The van der Waals surface area contributed by atoms with Gasteiger partial charge in [-0.3, -0.25) is 14.5 Å². The minimum absolute atomic E-state index is 0.0147.